The Morgan fingerprint density at radius 1 is 1.16 bits per heavy atom. The molecule has 1 fully saturated rings. The molecule has 204 valence electrons. The monoisotopic (exact) mass is 550 g/mol. The molecule has 0 saturated carbocycles. The Bertz CT molecular complexity index is 1250. The number of nitrogens with one attached hydrogen (secondary N) is 1. The number of rotatable bonds is 9. The number of halogens is 4. The SMILES string of the molecule is CCCN(CC)c1ccc2c(C(=O)NCC(c3cnc(C(F)(F)F)nc3)N3CCOCC3)c(Cl)ccc2n1. The van der Waals surface area contributed by atoms with Crippen LogP contribution >= 0.6 is 11.6 Å². The predicted octanol–water partition coefficient (Wildman–Crippen LogP) is 4.74. The lowest BCUT2D eigenvalue weighted by Gasteiger charge is -2.34. The molecular weight excluding hydrogens is 521 g/mol. The van der Waals surface area contributed by atoms with Gasteiger partial charge in [-0.3, -0.25) is 9.69 Å². The molecule has 1 N–H and O–H groups in total. The molecule has 3 aromatic rings. The van der Waals surface area contributed by atoms with Crippen LogP contribution in [0.1, 0.15) is 48.1 Å². The molecule has 0 aliphatic carbocycles. The highest BCUT2D eigenvalue weighted by molar-refractivity contribution is 6.35. The maximum Gasteiger partial charge on any atom is 0.451 e. The van der Waals surface area contributed by atoms with Crippen LogP contribution in [0.3, 0.4) is 0 Å². The minimum atomic E-state index is -4.63. The van der Waals surface area contributed by atoms with Gasteiger partial charge in [0, 0.05) is 56.1 Å². The largest absolute Gasteiger partial charge is 0.451 e. The number of hydrogen-bond acceptors (Lipinski definition) is 7. The van der Waals surface area contributed by atoms with Crippen LogP contribution in [0, 0.1) is 0 Å². The van der Waals surface area contributed by atoms with Crippen molar-refractivity contribution in [3.05, 3.63) is 58.6 Å². The molecule has 0 bridgehead atoms. The van der Waals surface area contributed by atoms with E-state index in [0.29, 0.717) is 48.3 Å². The van der Waals surface area contributed by atoms with Crippen LogP contribution < -0.4 is 10.2 Å². The summed E-state index contributed by atoms with van der Waals surface area (Å²) in [6.07, 6.45) is -1.33. The summed E-state index contributed by atoms with van der Waals surface area (Å²) >= 11 is 6.47. The zero-order valence-electron chi connectivity index (χ0n) is 21.3. The molecule has 1 aliphatic heterocycles. The number of benzene rings is 1. The number of carbonyl (C=O) groups is 1. The Kier molecular flexibility index (Phi) is 9.01. The maximum atomic E-state index is 13.4. The Morgan fingerprint density at radius 3 is 2.50 bits per heavy atom. The second-order valence-corrected chi connectivity index (χ2v) is 9.36. The third kappa shape index (κ3) is 6.33. The highest BCUT2D eigenvalue weighted by Crippen LogP contribution is 2.29. The van der Waals surface area contributed by atoms with E-state index in [4.69, 9.17) is 21.3 Å². The first-order valence-electron chi connectivity index (χ1n) is 12.6. The molecule has 3 heterocycles. The van der Waals surface area contributed by atoms with Gasteiger partial charge in [-0.1, -0.05) is 18.5 Å². The van der Waals surface area contributed by atoms with Crippen molar-refractivity contribution in [2.24, 2.45) is 0 Å². The smallest absolute Gasteiger partial charge is 0.379 e. The van der Waals surface area contributed by atoms with Crippen LogP contribution in [0.4, 0.5) is 19.0 Å². The molecule has 4 rings (SSSR count). The number of alkyl halides is 3. The third-order valence-corrected chi connectivity index (χ3v) is 6.80. The number of fused-ring (bicyclic) bond motifs is 1. The lowest BCUT2D eigenvalue weighted by atomic mass is 10.1. The summed E-state index contributed by atoms with van der Waals surface area (Å²) < 4.78 is 44.4. The second-order valence-electron chi connectivity index (χ2n) is 8.95. The van der Waals surface area contributed by atoms with Gasteiger partial charge in [-0.25, -0.2) is 15.0 Å². The highest BCUT2D eigenvalue weighted by atomic mass is 35.5. The summed E-state index contributed by atoms with van der Waals surface area (Å²) in [5, 5.41) is 3.82. The van der Waals surface area contributed by atoms with E-state index in [1.807, 2.05) is 17.0 Å². The number of carbonyl (C=O) groups excluding carboxylic acids is 1. The van der Waals surface area contributed by atoms with Gasteiger partial charge in [0.25, 0.3) is 5.91 Å². The summed E-state index contributed by atoms with van der Waals surface area (Å²) in [5.41, 5.74) is 1.41. The van der Waals surface area contributed by atoms with Crippen LogP contribution in [-0.2, 0) is 10.9 Å². The van der Waals surface area contributed by atoms with Crippen molar-refractivity contribution in [1.29, 1.82) is 0 Å². The zero-order valence-corrected chi connectivity index (χ0v) is 22.0. The first-order valence-corrected chi connectivity index (χ1v) is 12.9. The van der Waals surface area contributed by atoms with Crippen LogP contribution in [0.2, 0.25) is 5.02 Å². The van der Waals surface area contributed by atoms with Gasteiger partial charge in [0.2, 0.25) is 5.82 Å². The van der Waals surface area contributed by atoms with Gasteiger partial charge >= 0.3 is 6.18 Å². The van der Waals surface area contributed by atoms with E-state index >= 15 is 0 Å². The van der Waals surface area contributed by atoms with Crippen molar-refractivity contribution in [2.45, 2.75) is 32.5 Å². The zero-order chi connectivity index (χ0) is 27.3. The quantitative estimate of drug-likeness (QED) is 0.412. The number of pyridine rings is 1. The molecule has 12 heteroatoms. The lowest BCUT2D eigenvalue weighted by molar-refractivity contribution is -0.145. The highest BCUT2D eigenvalue weighted by Gasteiger charge is 2.35. The summed E-state index contributed by atoms with van der Waals surface area (Å²) in [7, 11) is 0. The Morgan fingerprint density at radius 2 is 1.87 bits per heavy atom. The molecule has 1 aromatic carbocycles. The van der Waals surface area contributed by atoms with Crippen molar-refractivity contribution in [2.75, 3.05) is 50.8 Å². The summed E-state index contributed by atoms with van der Waals surface area (Å²) in [5.74, 6) is -0.784. The van der Waals surface area contributed by atoms with Gasteiger partial charge in [-0.2, -0.15) is 13.2 Å². The average Bonchev–Trinajstić information content (AvgIpc) is 2.92. The van der Waals surface area contributed by atoms with Gasteiger partial charge < -0.3 is 15.0 Å². The van der Waals surface area contributed by atoms with Crippen molar-refractivity contribution in [3.8, 4) is 0 Å². The van der Waals surface area contributed by atoms with Gasteiger partial charge in [-0.15, -0.1) is 0 Å². The fourth-order valence-electron chi connectivity index (χ4n) is 4.56. The van der Waals surface area contributed by atoms with Gasteiger partial charge in [0.15, 0.2) is 0 Å². The number of nitrogens with zero attached hydrogens (tertiary/aromatic N) is 5. The van der Waals surface area contributed by atoms with Crippen LogP contribution in [0.15, 0.2) is 36.7 Å². The molecule has 1 amide bonds. The minimum Gasteiger partial charge on any atom is -0.379 e. The third-order valence-electron chi connectivity index (χ3n) is 6.48. The number of anilines is 1. The molecule has 1 aliphatic rings. The van der Waals surface area contributed by atoms with E-state index in [0.717, 1.165) is 37.7 Å². The molecule has 0 radical (unpaired) electrons. The van der Waals surface area contributed by atoms with E-state index in [1.165, 1.54) is 0 Å². The summed E-state index contributed by atoms with van der Waals surface area (Å²) in [6, 6.07) is 6.71. The molecule has 0 spiro atoms. The second kappa shape index (κ2) is 12.2. The summed E-state index contributed by atoms with van der Waals surface area (Å²) in [4.78, 5) is 29.4. The van der Waals surface area contributed by atoms with Crippen molar-refractivity contribution in [1.82, 2.24) is 25.2 Å². The Hall–Kier alpha value is -3.02. The van der Waals surface area contributed by atoms with Crippen LogP contribution in [0.25, 0.3) is 10.9 Å². The molecule has 2 aromatic heterocycles. The number of morpholine rings is 1. The van der Waals surface area contributed by atoms with Gasteiger partial charge in [0.05, 0.1) is 35.4 Å². The molecule has 38 heavy (non-hydrogen) atoms. The average molecular weight is 551 g/mol. The lowest BCUT2D eigenvalue weighted by Crippen LogP contribution is -2.44. The van der Waals surface area contributed by atoms with E-state index in [1.54, 1.807) is 12.1 Å². The molecule has 8 nitrogen and oxygen atoms in total. The first kappa shape index (κ1) is 28.0. The molecular formula is C26H30ClF3N6O2. The molecule has 1 unspecified atom stereocenters. The van der Waals surface area contributed by atoms with Crippen molar-refractivity contribution >= 4 is 34.2 Å². The standard InChI is InChI=1S/C26H30ClF3N6O2/c1-3-9-35(4-2)22-8-5-18-20(34-22)7-6-19(27)23(18)24(37)31-16-21(36-10-12-38-13-11-36)17-14-32-25(33-15-17)26(28,29)30/h5-8,14-15,21H,3-4,9-13,16H2,1-2H3,(H,31,37). The fourth-order valence-corrected chi connectivity index (χ4v) is 4.81. The molecule has 1 atom stereocenters. The first-order chi connectivity index (χ1) is 18.2. The Labute approximate surface area is 224 Å². The van der Waals surface area contributed by atoms with E-state index < -0.39 is 23.9 Å². The minimum absolute atomic E-state index is 0.117. The molecule has 1 saturated heterocycles. The van der Waals surface area contributed by atoms with Gasteiger partial charge in [-0.05, 0) is 37.6 Å². The van der Waals surface area contributed by atoms with Crippen molar-refractivity contribution < 1.29 is 22.7 Å². The van der Waals surface area contributed by atoms with Crippen molar-refractivity contribution in [3.63, 3.8) is 0 Å². The topological polar surface area (TPSA) is 83.5 Å². The Balaban J connectivity index is 1.59. The van der Waals surface area contributed by atoms with Crippen LogP contribution in [-0.4, -0.2) is 71.7 Å². The number of hydrogen-bond donors (Lipinski definition) is 1. The predicted molar refractivity (Wildman–Crippen MR) is 139 cm³/mol. The van der Waals surface area contributed by atoms with Gasteiger partial charge in [0.1, 0.15) is 5.82 Å². The van der Waals surface area contributed by atoms with E-state index in [2.05, 4.69) is 34.0 Å². The number of aromatic nitrogens is 3. The fraction of sp³-hybridized carbons (Fsp3) is 0.462. The van der Waals surface area contributed by atoms with E-state index in [-0.39, 0.29) is 11.6 Å². The maximum absolute atomic E-state index is 13.4. The summed E-state index contributed by atoms with van der Waals surface area (Å²) in [6.45, 7) is 8.01. The normalized spacial score (nSPS) is 15.4. The van der Waals surface area contributed by atoms with Crippen LogP contribution in [0.5, 0.6) is 0 Å². The van der Waals surface area contributed by atoms with E-state index in [9.17, 15) is 18.0 Å². The number of amides is 1. The number of ether oxygens (including phenoxy) is 1.